The van der Waals surface area contributed by atoms with Gasteiger partial charge in [0.25, 0.3) is 5.91 Å². The molecule has 2 amide bonds. The van der Waals surface area contributed by atoms with E-state index in [2.05, 4.69) is 4.74 Å². The van der Waals surface area contributed by atoms with Gasteiger partial charge in [0.1, 0.15) is 0 Å². The van der Waals surface area contributed by atoms with Crippen molar-refractivity contribution in [1.82, 2.24) is 0 Å². The highest BCUT2D eigenvalue weighted by Gasteiger charge is 2.12. The van der Waals surface area contributed by atoms with Gasteiger partial charge in [-0.1, -0.05) is 0 Å². The van der Waals surface area contributed by atoms with Crippen molar-refractivity contribution in [3.8, 4) is 5.06 Å². The van der Waals surface area contributed by atoms with E-state index in [1.165, 1.54) is 6.07 Å². The Kier molecular flexibility index (Phi) is 2.29. The van der Waals surface area contributed by atoms with Gasteiger partial charge in [0.2, 0.25) is 0 Å². The highest BCUT2D eigenvalue weighted by atomic mass is 32.1. The molecule has 0 spiro atoms. The normalized spacial score (nSPS) is 9.33. The Morgan fingerprint density at radius 1 is 1.42 bits per heavy atom. The van der Waals surface area contributed by atoms with Crippen LogP contribution in [0.25, 0.3) is 0 Å². The lowest BCUT2D eigenvalue weighted by molar-refractivity contribution is 0.0999. The summed E-state index contributed by atoms with van der Waals surface area (Å²) in [5, 5.41) is 1.72. The molecule has 0 fully saturated rings. The van der Waals surface area contributed by atoms with E-state index in [9.17, 15) is 9.59 Å². The molecule has 0 saturated heterocycles. The van der Waals surface area contributed by atoms with Gasteiger partial charge in [0.05, 0.1) is 5.56 Å². The lowest BCUT2D eigenvalue weighted by Gasteiger charge is -1.97. The predicted molar refractivity (Wildman–Crippen MR) is 43.0 cm³/mol. The van der Waals surface area contributed by atoms with E-state index < -0.39 is 12.0 Å². The van der Waals surface area contributed by atoms with Crippen LogP contribution in [0.1, 0.15) is 10.4 Å². The molecular weight excluding hydrogens is 180 g/mol. The number of carbonyl (C=O) groups is 2. The Morgan fingerprint density at radius 3 is 2.58 bits per heavy atom. The van der Waals surface area contributed by atoms with Crippen molar-refractivity contribution in [1.29, 1.82) is 0 Å². The number of nitrogens with two attached hydrogens (primary N) is 2. The first-order valence-corrected chi connectivity index (χ1v) is 3.84. The van der Waals surface area contributed by atoms with Gasteiger partial charge in [-0.25, -0.2) is 4.79 Å². The molecule has 64 valence electrons. The zero-order valence-electron chi connectivity index (χ0n) is 5.94. The number of thiophene rings is 1. The molecule has 0 unspecified atom stereocenters. The molecule has 0 aromatic carbocycles. The smallest absolute Gasteiger partial charge is 0.399 e. The molecule has 0 bridgehead atoms. The third-order valence-corrected chi connectivity index (χ3v) is 1.88. The minimum atomic E-state index is -0.958. The monoisotopic (exact) mass is 186 g/mol. The maximum Gasteiger partial charge on any atom is 0.410 e. The van der Waals surface area contributed by atoms with Crippen LogP contribution < -0.4 is 16.2 Å². The molecule has 1 heterocycles. The topological polar surface area (TPSA) is 95.4 Å². The summed E-state index contributed by atoms with van der Waals surface area (Å²) in [6.07, 6.45) is -0.958. The Hall–Kier alpha value is -1.56. The van der Waals surface area contributed by atoms with Gasteiger partial charge in [0, 0.05) is 0 Å². The second kappa shape index (κ2) is 3.22. The fraction of sp³-hybridized carbons (Fsp3) is 0. The van der Waals surface area contributed by atoms with Crippen LogP contribution >= 0.6 is 11.3 Å². The average Bonchev–Trinajstić information content (AvgIpc) is 2.33. The molecular formula is C6H6N2O3S. The second-order valence-electron chi connectivity index (χ2n) is 1.91. The van der Waals surface area contributed by atoms with Crippen molar-refractivity contribution in [2.24, 2.45) is 11.5 Å². The fourth-order valence-electron chi connectivity index (χ4n) is 0.649. The fourth-order valence-corrected chi connectivity index (χ4v) is 1.40. The molecule has 0 saturated carbocycles. The van der Waals surface area contributed by atoms with Crippen molar-refractivity contribution in [2.75, 3.05) is 0 Å². The highest BCUT2D eigenvalue weighted by molar-refractivity contribution is 7.12. The molecule has 0 aliphatic rings. The van der Waals surface area contributed by atoms with Crippen LogP contribution in [0.15, 0.2) is 11.4 Å². The standard InChI is InChI=1S/C6H6N2O3S/c7-4(9)3-1-2-12-5(3)11-6(8)10/h1-2H,(H2,7,9)(H2,8,10). The maximum atomic E-state index is 10.7. The van der Waals surface area contributed by atoms with Crippen LogP contribution in [-0.4, -0.2) is 12.0 Å². The van der Waals surface area contributed by atoms with Crippen molar-refractivity contribution in [3.05, 3.63) is 17.0 Å². The molecule has 5 nitrogen and oxygen atoms in total. The average molecular weight is 186 g/mol. The van der Waals surface area contributed by atoms with Gasteiger partial charge in [0.15, 0.2) is 5.06 Å². The Morgan fingerprint density at radius 2 is 2.08 bits per heavy atom. The van der Waals surface area contributed by atoms with Gasteiger partial charge in [-0.05, 0) is 11.4 Å². The number of ether oxygens (including phenoxy) is 1. The minimum absolute atomic E-state index is 0.134. The molecule has 12 heavy (non-hydrogen) atoms. The maximum absolute atomic E-state index is 10.7. The molecule has 4 N–H and O–H groups in total. The number of primary amides is 2. The number of amides is 2. The van der Waals surface area contributed by atoms with E-state index in [4.69, 9.17) is 11.5 Å². The zero-order valence-corrected chi connectivity index (χ0v) is 6.76. The summed E-state index contributed by atoms with van der Waals surface area (Å²) in [6, 6.07) is 1.46. The Bertz CT molecular complexity index is 320. The first-order chi connectivity index (χ1) is 5.61. The van der Waals surface area contributed by atoms with Gasteiger partial charge in [-0.15, -0.1) is 11.3 Å². The summed E-state index contributed by atoms with van der Waals surface area (Å²) in [7, 11) is 0. The summed E-state index contributed by atoms with van der Waals surface area (Å²) < 4.78 is 4.50. The largest absolute Gasteiger partial charge is 0.410 e. The summed E-state index contributed by atoms with van der Waals surface area (Å²) in [5.74, 6) is -0.646. The van der Waals surface area contributed by atoms with Crippen molar-refractivity contribution in [2.45, 2.75) is 0 Å². The van der Waals surface area contributed by atoms with Crippen LogP contribution in [0, 0.1) is 0 Å². The predicted octanol–water partition coefficient (Wildman–Crippen LogP) is 0.305. The number of hydrogen-bond donors (Lipinski definition) is 2. The van der Waals surface area contributed by atoms with E-state index in [1.54, 1.807) is 5.38 Å². The van der Waals surface area contributed by atoms with Crippen molar-refractivity contribution in [3.63, 3.8) is 0 Å². The van der Waals surface area contributed by atoms with Crippen LogP contribution in [0.2, 0.25) is 0 Å². The van der Waals surface area contributed by atoms with Gasteiger partial charge >= 0.3 is 6.09 Å². The number of carbonyl (C=O) groups excluding carboxylic acids is 2. The second-order valence-corrected chi connectivity index (χ2v) is 2.79. The van der Waals surface area contributed by atoms with Gasteiger partial charge in [-0.2, -0.15) is 0 Å². The number of hydrogen-bond acceptors (Lipinski definition) is 4. The SMILES string of the molecule is NC(=O)Oc1sccc1C(N)=O. The molecule has 1 aromatic heterocycles. The van der Waals surface area contributed by atoms with Crippen molar-refractivity contribution >= 4 is 23.3 Å². The molecule has 1 rings (SSSR count). The summed E-state index contributed by atoms with van der Waals surface area (Å²) in [5.41, 5.74) is 9.88. The summed E-state index contributed by atoms with van der Waals surface area (Å²) in [4.78, 5) is 21.0. The lowest BCUT2D eigenvalue weighted by atomic mass is 10.3. The molecule has 0 aliphatic heterocycles. The first kappa shape index (κ1) is 8.54. The quantitative estimate of drug-likeness (QED) is 0.695. The molecule has 0 atom stereocenters. The van der Waals surface area contributed by atoms with Crippen LogP contribution in [0.5, 0.6) is 5.06 Å². The van der Waals surface area contributed by atoms with Crippen molar-refractivity contribution < 1.29 is 14.3 Å². The summed E-state index contributed by atoms with van der Waals surface area (Å²) >= 11 is 1.08. The Labute approximate surface area is 71.9 Å². The van der Waals surface area contributed by atoms with Gasteiger partial charge in [-0.3, -0.25) is 4.79 Å². The molecule has 0 aliphatic carbocycles. The zero-order chi connectivity index (χ0) is 9.14. The third-order valence-electron chi connectivity index (χ3n) is 1.09. The Balaban J connectivity index is 2.91. The summed E-state index contributed by atoms with van der Waals surface area (Å²) in [6.45, 7) is 0. The van der Waals surface area contributed by atoms with Crippen LogP contribution in [-0.2, 0) is 0 Å². The van der Waals surface area contributed by atoms with E-state index >= 15 is 0 Å². The van der Waals surface area contributed by atoms with Crippen LogP contribution in [0.3, 0.4) is 0 Å². The van der Waals surface area contributed by atoms with E-state index in [1.807, 2.05) is 0 Å². The third kappa shape index (κ3) is 1.73. The first-order valence-electron chi connectivity index (χ1n) is 2.96. The molecule has 6 heteroatoms. The highest BCUT2D eigenvalue weighted by Crippen LogP contribution is 2.25. The number of rotatable bonds is 2. The molecule has 0 radical (unpaired) electrons. The van der Waals surface area contributed by atoms with E-state index in [0.29, 0.717) is 0 Å². The van der Waals surface area contributed by atoms with E-state index in [-0.39, 0.29) is 10.6 Å². The van der Waals surface area contributed by atoms with Crippen LogP contribution in [0.4, 0.5) is 4.79 Å². The minimum Gasteiger partial charge on any atom is -0.399 e. The molecule has 1 aromatic rings. The van der Waals surface area contributed by atoms with Gasteiger partial charge < -0.3 is 16.2 Å². The van der Waals surface area contributed by atoms with E-state index in [0.717, 1.165) is 11.3 Å². The lowest BCUT2D eigenvalue weighted by Crippen LogP contribution is -2.18.